The lowest BCUT2D eigenvalue weighted by Gasteiger charge is -2.57. The van der Waals surface area contributed by atoms with Crippen LogP contribution >= 0.6 is 11.6 Å². The number of hydrogen-bond acceptors (Lipinski definition) is 3. The van der Waals surface area contributed by atoms with Crippen molar-refractivity contribution in [2.45, 2.75) is 50.2 Å². The van der Waals surface area contributed by atoms with E-state index < -0.39 is 4.87 Å². The highest BCUT2D eigenvalue weighted by Crippen LogP contribution is 2.54. The van der Waals surface area contributed by atoms with E-state index in [4.69, 9.17) is 21.1 Å². The molecule has 16 heavy (non-hydrogen) atoms. The number of alkyl halides is 1. The van der Waals surface area contributed by atoms with Gasteiger partial charge in [-0.1, -0.05) is 0 Å². The molecule has 0 spiro atoms. The molecule has 0 aromatic rings. The molecule has 2 aliphatic rings. The van der Waals surface area contributed by atoms with Gasteiger partial charge in [-0.15, -0.1) is 11.6 Å². The molecule has 2 fully saturated rings. The summed E-state index contributed by atoms with van der Waals surface area (Å²) in [6.07, 6.45) is 2.13. The van der Waals surface area contributed by atoms with E-state index in [9.17, 15) is 4.79 Å². The second-order valence-electron chi connectivity index (χ2n) is 4.52. The third-order valence-electron chi connectivity index (χ3n) is 3.65. The first-order valence-electron chi connectivity index (χ1n) is 6.10. The number of carbonyl (C=O) groups is 1. The molecule has 2 rings (SSSR count). The Balaban J connectivity index is 2.15. The quantitative estimate of drug-likeness (QED) is 0.713. The van der Waals surface area contributed by atoms with Crippen LogP contribution in [0.15, 0.2) is 0 Å². The molecule has 4 unspecified atom stereocenters. The van der Waals surface area contributed by atoms with Crippen molar-refractivity contribution in [3.8, 4) is 0 Å². The van der Waals surface area contributed by atoms with Crippen molar-refractivity contribution in [2.75, 3.05) is 13.2 Å². The first-order chi connectivity index (χ1) is 7.65. The Bertz CT molecular complexity index is 281. The molecule has 3 nitrogen and oxygen atoms in total. The lowest BCUT2D eigenvalue weighted by molar-refractivity contribution is -0.199. The summed E-state index contributed by atoms with van der Waals surface area (Å²) >= 11 is 6.55. The maximum absolute atomic E-state index is 11.9. The van der Waals surface area contributed by atoms with E-state index in [0.717, 1.165) is 12.8 Å². The number of fused-ring (bicyclic) bond motifs is 1. The van der Waals surface area contributed by atoms with Crippen LogP contribution in [0, 0.1) is 5.92 Å². The number of carbonyl (C=O) groups excluding carboxylic acids is 1. The van der Waals surface area contributed by atoms with Gasteiger partial charge in [-0.05, 0) is 26.7 Å². The van der Waals surface area contributed by atoms with Crippen LogP contribution in [0.3, 0.4) is 0 Å². The maximum atomic E-state index is 11.9. The lowest BCUT2D eigenvalue weighted by atomic mass is 9.59. The van der Waals surface area contributed by atoms with Crippen LogP contribution < -0.4 is 0 Å². The molecular weight excluding hydrogens is 228 g/mol. The van der Waals surface area contributed by atoms with Gasteiger partial charge in [-0.3, -0.25) is 4.79 Å². The number of ketones is 1. The van der Waals surface area contributed by atoms with E-state index in [2.05, 4.69) is 0 Å². The second-order valence-corrected chi connectivity index (χ2v) is 5.22. The average Bonchev–Trinajstić information content (AvgIpc) is 2.24. The summed E-state index contributed by atoms with van der Waals surface area (Å²) in [5.74, 6) is 0.0927. The summed E-state index contributed by atoms with van der Waals surface area (Å²) in [6.45, 7) is 5.10. The fourth-order valence-corrected chi connectivity index (χ4v) is 3.57. The van der Waals surface area contributed by atoms with Crippen molar-refractivity contribution in [1.82, 2.24) is 0 Å². The summed E-state index contributed by atoms with van der Waals surface area (Å²) in [4.78, 5) is 11.4. The van der Waals surface area contributed by atoms with Crippen molar-refractivity contribution < 1.29 is 14.3 Å². The number of rotatable bonds is 4. The summed E-state index contributed by atoms with van der Waals surface area (Å²) in [7, 11) is 0. The van der Waals surface area contributed by atoms with Gasteiger partial charge in [0.15, 0.2) is 0 Å². The summed E-state index contributed by atoms with van der Waals surface area (Å²) in [5, 5.41) is 0. The second kappa shape index (κ2) is 4.63. The van der Waals surface area contributed by atoms with Gasteiger partial charge in [0, 0.05) is 19.6 Å². The van der Waals surface area contributed by atoms with Crippen molar-refractivity contribution in [3.63, 3.8) is 0 Å². The molecule has 0 amide bonds. The highest BCUT2D eigenvalue weighted by atomic mass is 35.5. The minimum atomic E-state index is -0.495. The first-order valence-corrected chi connectivity index (χ1v) is 6.47. The molecule has 2 saturated carbocycles. The van der Waals surface area contributed by atoms with Crippen LogP contribution in [-0.4, -0.2) is 36.1 Å². The Hall–Kier alpha value is -0.120. The molecule has 0 bridgehead atoms. The molecule has 2 aliphatic carbocycles. The molecule has 0 aliphatic heterocycles. The van der Waals surface area contributed by atoms with Crippen LogP contribution in [0.5, 0.6) is 0 Å². The lowest BCUT2D eigenvalue weighted by Crippen LogP contribution is -2.72. The normalized spacial score (nSPS) is 42.7. The summed E-state index contributed by atoms with van der Waals surface area (Å²) in [6, 6.07) is 0. The topological polar surface area (TPSA) is 35.5 Å². The van der Waals surface area contributed by atoms with E-state index in [-0.39, 0.29) is 23.9 Å². The molecule has 4 heteroatoms. The van der Waals surface area contributed by atoms with Crippen LogP contribution in [0.1, 0.15) is 33.1 Å². The number of halogens is 1. The molecule has 4 atom stereocenters. The van der Waals surface area contributed by atoms with Gasteiger partial charge in [0.2, 0.25) is 0 Å². The van der Waals surface area contributed by atoms with Crippen molar-refractivity contribution in [2.24, 2.45) is 5.92 Å². The zero-order chi connectivity index (χ0) is 11.8. The Morgan fingerprint density at radius 1 is 1.38 bits per heavy atom. The Morgan fingerprint density at radius 2 is 2.06 bits per heavy atom. The first kappa shape index (κ1) is 12.3. The Labute approximate surface area is 101 Å². The SMILES string of the molecule is CCOC1C(OCC)C2(Cl)CCCC(=O)C12. The van der Waals surface area contributed by atoms with Crippen molar-refractivity contribution in [1.29, 1.82) is 0 Å². The van der Waals surface area contributed by atoms with E-state index >= 15 is 0 Å². The third kappa shape index (κ3) is 1.69. The van der Waals surface area contributed by atoms with Gasteiger partial charge < -0.3 is 9.47 Å². The van der Waals surface area contributed by atoms with E-state index in [1.54, 1.807) is 0 Å². The fraction of sp³-hybridized carbons (Fsp3) is 0.917. The summed E-state index contributed by atoms with van der Waals surface area (Å²) < 4.78 is 11.3. The average molecular weight is 247 g/mol. The van der Waals surface area contributed by atoms with E-state index in [1.165, 1.54) is 0 Å². The van der Waals surface area contributed by atoms with Gasteiger partial charge in [0.05, 0.1) is 16.9 Å². The van der Waals surface area contributed by atoms with Crippen LogP contribution in [0.25, 0.3) is 0 Å². The van der Waals surface area contributed by atoms with E-state index in [0.29, 0.717) is 19.6 Å². The monoisotopic (exact) mass is 246 g/mol. The van der Waals surface area contributed by atoms with Crippen LogP contribution in [-0.2, 0) is 14.3 Å². The highest BCUT2D eigenvalue weighted by molar-refractivity contribution is 6.27. The predicted octanol–water partition coefficient (Wildman–Crippen LogP) is 2.16. The van der Waals surface area contributed by atoms with Gasteiger partial charge in [-0.2, -0.15) is 0 Å². The third-order valence-corrected chi connectivity index (χ3v) is 4.29. The van der Waals surface area contributed by atoms with Gasteiger partial charge >= 0.3 is 0 Å². The minimum Gasteiger partial charge on any atom is -0.375 e. The van der Waals surface area contributed by atoms with Gasteiger partial charge in [-0.25, -0.2) is 0 Å². The Morgan fingerprint density at radius 3 is 2.69 bits per heavy atom. The molecule has 0 heterocycles. The highest BCUT2D eigenvalue weighted by Gasteiger charge is 2.66. The van der Waals surface area contributed by atoms with Crippen molar-refractivity contribution in [3.05, 3.63) is 0 Å². The number of hydrogen-bond donors (Lipinski definition) is 0. The van der Waals surface area contributed by atoms with Crippen molar-refractivity contribution >= 4 is 17.4 Å². The Kier molecular flexibility index (Phi) is 3.57. The van der Waals surface area contributed by atoms with Crippen LogP contribution in [0.2, 0.25) is 0 Å². The molecule has 0 N–H and O–H groups in total. The molecule has 92 valence electrons. The van der Waals surface area contributed by atoms with Gasteiger partial charge in [0.25, 0.3) is 0 Å². The maximum Gasteiger partial charge on any atom is 0.140 e. The minimum absolute atomic E-state index is 0.117. The zero-order valence-corrected chi connectivity index (χ0v) is 10.6. The molecule has 0 aromatic carbocycles. The molecule has 0 saturated heterocycles. The van der Waals surface area contributed by atoms with E-state index in [1.807, 2.05) is 13.8 Å². The zero-order valence-electron chi connectivity index (χ0n) is 9.87. The largest absolute Gasteiger partial charge is 0.375 e. The van der Waals surface area contributed by atoms with Gasteiger partial charge in [0.1, 0.15) is 11.9 Å². The predicted molar refractivity (Wildman–Crippen MR) is 61.8 cm³/mol. The number of ether oxygens (including phenoxy) is 2. The molecule has 0 radical (unpaired) electrons. The fourth-order valence-electron chi connectivity index (χ4n) is 3.01. The standard InChI is InChI=1S/C12H19ClO3/c1-3-15-10-9-8(14)6-5-7-12(9,13)11(10)16-4-2/h9-11H,3-7H2,1-2H3. The molecule has 0 aromatic heterocycles. The van der Waals surface area contributed by atoms with Crippen LogP contribution in [0.4, 0.5) is 0 Å². The molecular formula is C12H19ClO3. The smallest absolute Gasteiger partial charge is 0.140 e. The summed E-state index contributed by atoms with van der Waals surface area (Å²) in [5.41, 5.74) is 0. The number of Topliss-reactive ketones (excluding diaryl/α,β-unsaturated/α-hetero) is 1.